The van der Waals surface area contributed by atoms with E-state index < -0.39 is 5.91 Å². The summed E-state index contributed by atoms with van der Waals surface area (Å²) in [6, 6.07) is 7.27. The minimum Gasteiger partial charge on any atom is -0.366 e. The number of carbonyl (C=O) groups is 1. The number of benzene rings is 1. The number of primary amides is 1. The number of hydrogen-bond acceptors (Lipinski definition) is 3. The van der Waals surface area contributed by atoms with Crippen LogP contribution in [0.4, 0.5) is 5.69 Å². The van der Waals surface area contributed by atoms with E-state index in [2.05, 4.69) is 5.43 Å². The van der Waals surface area contributed by atoms with Crippen LogP contribution in [-0.4, -0.2) is 5.91 Å². The largest absolute Gasteiger partial charge is 0.366 e. The zero-order chi connectivity index (χ0) is 9.68. The van der Waals surface area contributed by atoms with E-state index in [1.54, 1.807) is 18.2 Å². The van der Waals surface area contributed by atoms with Gasteiger partial charge in [-0.25, -0.2) is 0 Å². The van der Waals surface area contributed by atoms with E-state index in [1.165, 1.54) is 6.08 Å². The zero-order valence-electron chi connectivity index (χ0n) is 7.03. The van der Waals surface area contributed by atoms with Gasteiger partial charge in [0.25, 0.3) is 0 Å². The average Bonchev–Trinajstić information content (AvgIpc) is 2.15. The zero-order valence-corrected chi connectivity index (χ0v) is 7.03. The van der Waals surface area contributed by atoms with Crippen LogP contribution in [0.5, 0.6) is 0 Å². The lowest BCUT2D eigenvalue weighted by molar-refractivity contribution is -0.113. The topological polar surface area (TPSA) is 81.1 Å². The highest BCUT2D eigenvalue weighted by Crippen LogP contribution is 2.08. The van der Waals surface area contributed by atoms with E-state index in [0.717, 1.165) is 11.3 Å². The van der Waals surface area contributed by atoms with Crippen molar-refractivity contribution < 1.29 is 4.79 Å². The maximum atomic E-state index is 10.4. The van der Waals surface area contributed by atoms with Gasteiger partial charge in [-0.1, -0.05) is 12.1 Å². The van der Waals surface area contributed by atoms with Crippen LogP contribution in [0.2, 0.25) is 0 Å². The average molecular weight is 177 g/mol. The van der Waals surface area contributed by atoms with Crippen LogP contribution in [0, 0.1) is 0 Å². The second-order valence-corrected chi connectivity index (χ2v) is 2.50. The molecule has 0 aliphatic carbocycles. The van der Waals surface area contributed by atoms with Gasteiger partial charge in [-0.3, -0.25) is 10.6 Å². The first-order chi connectivity index (χ1) is 6.22. The fourth-order valence-electron chi connectivity index (χ4n) is 0.869. The van der Waals surface area contributed by atoms with Gasteiger partial charge < -0.3 is 11.2 Å². The van der Waals surface area contributed by atoms with Gasteiger partial charge in [0, 0.05) is 11.8 Å². The first-order valence-electron chi connectivity index (χ1n) is 3.76. The summed E-state index contributed by atoms with van der Waals surface area (Å²) >= 11 is 0. The molecule has 0 fully saturated rings. The summed E-state index contributed by atoms with van der Waals surface area (Å²) in [5, 5.41) is 0. The lowest BCUT2D eigenvalue weighted by atomic mass is 10.2. The second-order valence-electron chi connectivity index (χ2n) is 2.50. The summed E-state index contributed by atoms with van der Waals surface area (Å²) in [6.45, 7) is 0. The highest BCUT2D eigenvalue weighted by Gasteiger charge is 1.89. The standard InChI is InChI=1S/C9H11N3O/c10-9(13)6-3-7-1-4-8(12-11)5-2-7/h1-6,12H,11H2,(H2,10,13). The Morgan fingerprint density at radius 1 is 1.31 bits per heavy atom. The van der Waals surface area contributed by atoms with Crippen LogP contribution in [0.1, 0.15) is 5.56 Å². The van der Waals surface area contributed by atoms with Crippen LogP contribution in [0.15, 0.2) is 30.3 Å². The number of anilines is 1. The molecule has 0 atom stereocenters. The number of hydrogen-bond donors (Lipinski definition) is 3. The first-order valence-corrected chi connectivity index (χ1v) is 3.76. The summed E-state index contributed by atoms with van der Waals surface area (Å²) in [4.78, 5) is 10.4. The molecule has 0 spiro atoms. The van der Waals surface area contributed by atoms with Crippen molar-refractivity contribution in [3.05, 3.63) is 35.9 Å². The molecule has 1 aromatic carbocycles. The molecular formula is C9H11N3O. The third kappa shape index (κ3) is 2.96. The van der Waals surface area contributed by atoms with Gasteiger partial charge in [0.2, 0.25) is 5.91 Å². The van der Waals surface area contributed by atoms with Crippen molar-refractivity contribution in [1.29, 1.82) is 0 Å². The molecule has 0 unspecified atom stereocenters. The smallest absolute Gasteiger partial charge is 0.241 e. The van der Waals surface area contributed by atoms with E-state index in [1.807, 2.05) is 12.1 Å². The molecule has 4 heteroatoms. The van der Waals surface area contributed by atoms with Gasteiger partial charge in [0.15, 0.2) is 0 Å². The molecule has 4 nitrogen and oxygen atoms in total. The first kappa shape index (κ1) is 9.28. The molecule has 13 heavy (non-hydrogen) atoms. The Balaban J connectivity index is 2.75. The number of carbonyl (C=O) groups excluding carboxylic acids is 1. The molecule has 0 saturated carbocycles. The van der Waals surface area contributed by atoms with Crippen molar-refractivity contribution in [3.8, 4) is 0 Å². The predicted octanol–water partition coefficient (Wildman–Crippen LogP) is 0.471. The molecule has 0 heterocycles. The Morgan fingerprint density at radius 3 is 2.38 bits per heavy atom. The Morgan fingerprint density at radius 2 is 1.92 bits per heavy atom. The summed E-state index contributed by atoms with van der Waals surface area (Å²) in [5.74, 6) is 4.72. The molecule has 0 radical (unpaired) electrons. The van der Waals surface area contributed by atoms with Crippen LogP contribution in [0.3, 0.4) is 0 Å². The quantitative estimate of drug-likeness (QED) is 0.356. The number of amides is 1. The van der Waals surface area contributed by atoms with Crippen molar-refractivity contribution in [3.63, 3.8) is 0 Å². The number of hydrazine groups is 1. The molecule has 0 aromatic heterocycles. The van der Waals surface area contributed by atoms with Gasteiger partial charge in [-0.05, 0) is 23.8 Å². The van der Waals surface area contributed by atoms with E-state index in [9.17, 15) is 4.79 Å². The van der Waals surface area contributed by atoms with Crippen LogP contribution in [0.25, 0.3) is 6.08 Å². The molecule has 1 amide bonds. The lowest BCUT2D eigenvalue weighted by Crippen LogP contribution is -2.06. The fraction of sp³-hybridized carbons (Fsp3) is 0. The van der Waals surface area contributed by atoms with Crippen LogP contribution in [-0.2, 0) is 4.79 Å². The maximum absolute atomic E-state index is 10.4. The molecule has 5 N–H and O–H groups in total. The van der Waals surface area contributed by atoms with Gasteiger partial charge >= 0.3 is 0 Å². The van der Waals surface area contributed by atoms with Gasteiger partial charge in [-0.15, -0.1) is 0 Å². The van der Waals surface area contributed by atoms with Crippen molar-refractivity contribution >= 4 is 17.7 Å². The monoisotopic (exact) mass is 177 g/mol. The predicted molar refractivity (Wildman–Crippen MR) is 52.5 cm³/mol. The third-order valence-corrected chi connectivity index (χ3v) is 1.52. The van der Waals surface area contributed by atoms with Crippen molar-refractivity contribution in [1.82, 2.24) is 0 Å². The number of nitrogens with one attached hydrogen (secondary N) is 1. The second kappa shape index (κ2) is 4.27. The normalized spacial score (nSPS) is 10.2. The minimum atomic E-state index is -0.457. The highest BCUT2D eigenvalue weighted by molar-refractivity contribution is 5.90. The maximum Gasteiger partial charge on any atom is 0.241 e. The Kier molecular flexibility index (Phi) is 3.05. The summed E-state index contributed by atoms with van der Waals surface area (Å²) in [7, 11) is 0. The molecular weight excluding hydrogens is 166 g/mol. The highest BCUT2D eigenvalue weighted by atomic mass is 16.1. The van der Waals surface area contributed by atoms with Crippen LogP contribution < -0.4 is 17.0 Å². The van der Waals surface area contributed by atoms with E-state index in [0.29, 0.717) is 0 Å². The van der Waals surface area contributed by atoms with Crippen molar-refractivity contribution in [2.24, 2.45) is 11.6 Å². The molecule has 1 aromatic rings. The molecule has 68 valence electrons. The Bertz CT molecular complexity index is 316. The van der Waals surface area contributed by atoms with E-state index >= 15 is 0 Å². The summed E-state index contributed by atoms with van der Waals surface area (Å²) in [6.07, 6.45) is 2.95. The summed E-state index contributed by atoms with van der Waals surface area (Å²) < 4.78 is 0. The minimum absolute atomic E-state index is 0.457. The van der Waals surface area contributed by atoms with Crippen molar-refractivity contribution in [2.45, 2.75) is 0 Å². The lowest BCUT2D eigenvalue weighted by Gasteiger charge is -1.98. The third-order valence-electron chi connectivity index (χ3n) is 1.52. The fourth-order valence-corrected chi connectivity index (χ4v) is 0.869. The van der Waals surface area contributed by atoms with Gasteiger partial charge in [0.05, 0.1) is 0 Å². The van der Waals surface area contributed by atoms with Crippen LogP contribution >= 0.6 is 0 Å². The van der Waals surface area contributed by atoms with Gasteiger partial charge in [0.1, 0.15) is 0 Å². The summed E-state index contributed by atoms with van der Waals surface area (Å²) in [5.41, 5.74) is 9.16. The molecule has 0 saturated heterocycles. The number of nitrogens with two attached hydrogens (primary N) is 2. The van der Waals surface area contributed by atoms with E-state index in [-0.39, 0.29) is 0 Å². The number of rotatable bonds is 3. The Labute approximate surface area is 76.2 Å². The number of nitrogen functional groups attached to an aromatic ring is 1. The van der Waals surface area contributed by atoms with Crippen molar-refractivity contribution in [2.75, 3.05) is 5.43 Å². The Hall–Kier alpha value is -1.81. The van der Waals surface area contributed by atoms with Gasteiger partial charge in [-0.2, -0.15) is 0 Å². The molecule has 0 bridgehead atoms. The SMILES string of the molecule is NNc1ccc(C=CC(N)=O)cc1. The molecule has 1 rings (SSSR count). The molecule has 0 aliphatic heterocycles. The molecule has 0 aliphatic rings. The van der Waals surface area contributed by atoms with E-state index in [4.69, 9.17) is 11.6 Å².